The molecular formula is C17H22N2O2. The lowest BCUT2D eigenvalue weighted by atomic mass is 9.81. The molecule has 0 radical (unpaired) electrons. The van der Waals surface area contributed by atoms with Gasteiger partial charge in [0.05, 0.1) is 12.1 Å². The Labute approximate surface area is 125 Å². The summed E-state index contributed by atoms with van der Waals surface area (Å²) in [5, 5.41) is 12.8. The monoisotopic (exact) mass is 286 g/mol. The van der Waals surface area contributed by atoms with E-state index in [9.17, 15) is 9.90 Å². The van der Waals surface area contributed by atoms with E-state index >= 15 is 0 Å². The lowest BCUT2D eigenvalue weighted by molar-refractivity contribution is -0.120. The van der Waals surface area contributed by atoms with Crippen LogP contribution < -0.4 is 10.2 Å². The minimum absolute atomic E-state index is 0.128. The van der Waals surface area contributed by atoms with Crippen molar-refractivity contribution in [2.45, 2.75) is 49.7 Å². The second-order valence-electron chi connectivity index (χ2n) is 6.78. The highest BCUT2D eigenvalue weighted by atomic mass is 16.3. The van der Waals surface area contributed by atoms with Gasteiger partial charge in [0, 0.05) is 24.2 Å². The predicted octanol–water partition coefficient (Wildman–Crippen LogP) is 1.57. The van der Waals surface area contributed by atoms with Crippen LogP contribution in [0.3, 0.4) is 0 Å². The van der Waals surface area contributed by atoms with E-state index in [4.69, 9.17) is 0 Å². The van der Waals surface area contributed by atoms with Crippen molar-refractivity contribution < 1.29 is 9.90 Å². The molecule has 0 aromatic heterocycles. The van der Waals surface area contributed by atoms with Crippen molar-refractivity contribution in [3.63, 3.8) is 0 Å². The number of nitrogens with zero attached hydrogens (tertiary/aromatic N) is 1. The first-order valence-electron chi connectivity index (χ1n) is 8.02. The van der Waals surface area contributed by atoms with Gasteiger partial charge in [0.1, 0.15) is 0 Å². The Morgan fingerprint density at radius 1 is 1.29 bits per heavy atom. The van der Waals surface area contributed by atoms with E-state index in [1.807, 2.05) is 11.0 Å². The van der Waals surface area contributed by atoms with Gasteiger partial charge in [-0.05, 0) is 30.9 Å². The third kappa shape index (κ3) is 2.00. The van der Waals surface area contributed by atoms with Crippen molar-refractivity contribution in [2.75, 3.05) is 18.0 Å². The standard InChI is InChI=1S/C17H22N2O2/c20-12-9-14(18-10-12)16(21)19-11-17(7-3-4-8-17)13-5-1-2-6-15(13)19/h1-2,5-6,12,14,18,20H,3-4,7-11H2. The maximum Gasteiger partial charge on any atom is 0.244 e. The topological polar surface area (TPSA) is 52.6 Å². The van der Waals surface area contributed by atoms with Gasteiger partial charge in [-0.2, -0.15) is 0 Å². The second kappa shape index (κ2) is 4.82. The van der Waals surface area contributed by atoms with Gasteiger partial charge in [-0.25, -0.2) is 0 Å². The summed E-state index contributed by atoms with van der Waals surface area (Å²) in [7, 11) is 0. The van der Waals surface area contributed by atoms with Crippen LogP contribution in [0.4, 0.5) is 5.69 Å². The Morgan fingerprint density at radius 2 is 2.05 bits per heavy atom. The highest BCUT2D eigenvalue weighted by molar-refractivity contribution is 6.00. The minimum Gasteiger partial charge on any atom is -0.392 e. The molecule has 2 N–H and O–H groups in total. The molecule has 112 valence electrons. The lowest BCUT2D eigenvalue weighted by Crippen LogP contribution is -2.45. The maximum atomic E-state index is 12.8. The summed E-state index contributed by atoms with van der Waals surface area (Å²) in [6, 6.07) is 8.15. The molecule has 1 saturated carbocycles. The molecule has 1 aromatic carbocycles. The van der Waals surface area contributed by atoms with Gasteiger partial charge in [0.2, 0.25) is 5.91 Å². The molecule has 4 nitrogen and oxygen atoms in total. The van der Waals surface area contributed by atoms with Gasteiger partial charge in [0.25, 0.3) is 0 Å². The largest absolute Gasteiger partial charge is 0.392 e. The molecule has 1 amide bonds. The fourth-order valence-corrected chi connectivity index (χ4v) is 4.40. The first-order chi connectivity index (χ1) is 10.2. The average Bonchev–Trinajstić information content (AvgIpc) is 3.20. The van der Waals surface area contributed by atoms with Gasteiger partial charge >= 0.3 is 0 Å². The number of nitrogens with one attached hydrogen (secondary N) is 1. The molecule has 2 aliphatic heterocycles. The van der Waals surface area contributed by atoms with Crippen LogP contribution in [-0.4, -0.2) is 36.2 Å². The SMILES string of the molecule is O=C(C1CC(O)CN1)N1CC2(CCCC2)c2ccccc21. The molecule has 2 unspecified atom stereocenters. The Kier molecular flexibility index (Phi) is 3.05. The van der Waals surface area contributed by atoms with Crippen molar-refractivity contribution in [3.05, 3.63) is 29.8 Å². The highest BCUT2D eigenvalue weighted by Crippen LogP contribution is 2.50. The third-order valence-corrected chi connectivity index (χ3v) is 5.46. The molecule has 1 spiro atoms. The Morgan fingerprint density at radius 3 is 2.76 bits per heavy atom. The summed E-state index contributed by atoms with van der Waals surface area (Å²) >= 11 is 0. The maximum absolute atomic E-state index is 12.8. The summed E-state index contributed by atoms with van der Waals surface area (Å²) in [5.41, 5.74) is 2.63. The number of benzene rings is 1. The van der Waals surface area contributed by atoms with Crippen LogP contribution in [0.15, 0.2) is 24.3 Å². The molecule has 4 heteroatoms. The van der Waals surface area contributed by atoms with E-state index in [0.717, 1.165) is 12.2 Å². The molecule has 1 aromatic rings. The van der Waals surface area contributed by atoms with Gasteiger partial charge in [0.15, 0.2) is 0 Å². The Bertz CT molecular complexity index is 566. The van der Waals surface area contributed by atoms with E-state index in [0.29, 0.717) is 13.0 Å². The molecule has 21 heavy (non-hydrogen) atoms. The number of hydrogen-bond donors (Lipinski definition) is 2. The van der Waals surface area contributed by atoms with Crippen LogP contribution >= 0.6 is 0 Å². The number of β-amino-alcohol motifs (C(OH)–C–C–N with tert-alkyl or cyclic N) is 1. The number of carbonyl (C=O) groups excluding carboxylic acids is 1. The number of anilines is 1. The number of para-hydroxylation sites is 1. The normalized spacial score (nSPS) is 30.0. The van der Waals surface area contributed by atoms with Crippen molar-refractivity contribution in [1.82, 2.24) is 5.32 Å². The second-order valence-corrected chi connectivity index (χ2v) is 6.78. The molecule has 2 fully saturated rings. The van der Waals surface area contributed by atoms with Gasteiger partial charge in [-0.1, -0.05) is 31.0 Å². The van der Waals surface area contributed by atoms with E-state index in [1.54, 1.807) is 0 Å². The fraction of sp³-hybridized carbons (Fsp3) is 0.588. The predicted molar refractivity (Wildman–Crippen MR) is 81.4 cm³/mol. The quantitative estimate of drug-likeness (QED) is 0.824. The summed E-state index contributed by atoms with van der Waals surface area (Å²) < 4.78 is 0. The molecule has 4 rings (SSSR count). The van der Waals surface area contributed by atoms with Crippen LogP contribution in [0, 0.1) is 0 Å². The van der Waals surface area contributed by atoms with Crippen LogP contribution in [0.2, 0.25) is 0 Å². The highest BCUT2D eigenvalue weighted by Gasteiger charge is 2.47. The summed E-state index contributed by atoms with van der Waals surface area (Å²) in [4.78, 5) is 14.8. The van der Waals surface area contributed by atoms with Gasteiger partial charge in [-0.15, -0.1) is 0 Å². The van der Waals surface area contributed by atoms with E-state index in [-0.39, 0.29) is 17.4 Å². The number of fused-ring (bicyclic) bond motifs is 2. The molecule has 3 aliphatic rings. The van der Waals surface area contributed by atoms with Crippen molar-refractivity contribution in [1.29, 1.82) is 0 Å². The number of rotatable bonds is 1. The van der Waals surface area contributed by atoms with E-state index in [2.05, 4.69) is 23.5 Å². The minimum atomic E-state index is -0.391. The number of hydrogen-bond acceptors (Lipinski definition) is 3. The van der Waals surface area contributed by atoms with E-state index in [1.165, 1.54) is 31.2 Å². The summed E-state index contributed by atoms with van der Waals surface area (Å²) in [6.07, 6.45) is 5.04. The first kappa shape index (κ1) is 13.3. The zero-order valence-corrected chi connectivity index (χ0v) is 12.2. The fourth-order valence-electron chi connectivity index (χ4n) is 4.40. The van der Waals surface area contributed by atoms with Crippen molar-refractivity contribution in [3.8, 4) is 0 Å². The lowest BCUT2D eigenvalue weighted by Gasteiger charge is -2.26. The smallest absolute Gasteiger partial charge is 0.244 e. The van der Waals surface area contributed by atoms with Crippen LogP contribution in [0.5, 0.6) is 0 Å². The van der Waals surface area contributed by atoms with Gasteiger partial charge in [-0.3, -0.25) is 4.79 Å². The molecule has 2 heterocycles. The molecular weight excluding hydrogens is 264 g/mol. The van der Waals surface area contributed by atoms with E-state index < -0.39 is 6.10 Å². The van der Waals surface area contributed by atoms with Crippen LogP contribution in [-0.2, 0) is 10.2 Å². The first-order valence-corrected chi connectivity index (χ1v) is 8.02. The number of amides is 1. The van der Waals surface area contributed by atoms with Gasteiger partial charge < -0.3 is 15.3 Å². The molecule has 1 aliphatic carbocycles. The Hall–Kier alpha value is -1.39. The van der Waals surface area contributed by atoms with Crippen LogP contribution in [0.25, 0.3) is 0 Å². The molecule has 2 atom stereocenters. The number of carbonyl (C=O) groups is 1. The zero-order valence-electron chi connectivity index (χ0n) is 12.2. The number of aliphatic hydroxyl groups excluding tert-OH is 1. The van der Waals surface area contributed by atoms with Crippen molar-refractivity contribution in [2.24, 2.45) is 0 Å². The van der Waals surface area contributed by atoms with Crippen LogP contribution in [0.1, 0.15) is 37.7 Å². The molecule has 0 bridgehead atoms. The summed E-state index contributed by atoms with van der Waals surface area (Å²) in [5.74, 6) is 0.128. The summed E-state index contributed by atoms with van der Waals surface area (Å²) in [6.45, 7) is 1.34. The third-order valence-electron chi connectivity index (χ3n) is 5.46. The zero-order chi connectivity index (χ0) is 14.4. The Balaban J connectivity index is 1.66. The number of aliphatic hydroxyl groups is 1. The molecule has 1 saturated heterocycles. The average molecular weight is 286 g/mol. The van der Waals surface area contributed by atoms with Crippen molar-refractivity contribution >= 4 is 11.6 Å².